The Labute approximate surface area is 149 Å². The van der Waals surface area contributed by atoms with E-state index < -0.39 is 0 Å². The minimum atomic E-state index is -0.348. The van der Waals surface area contributed by atoms with E-state index >= 15 is 0 Å². The average Bonchev–Trinajstić information content (AvgIpc) is 2.86. The van der Waals surface area contributed by atoms with Gasteiger partial charge in [0.25, 0.3) is 0 Å². The first-order valence-electron chi connectivity index (χ1n) is 7.53. The molecule has 2 rings (SSSR count). The number of hydrogen-bond acceptors (Lipinski definition) is 4. The molecule has 1 heterocycles. The molecule has 1 fully saturated rings. The van der Waals surface area contributed by atoms with Crippen LogP contribution in [0.1, 0.15) is 49.4 Å². The molecule has 0 saturated heterocycles. The van der Waals surface area contributed by atoms with E-state index in [1.807, 2.05) is 13.1 Å². The Morgan fingerprint density at radius 1 is 1.50 bits per heavy atom. The van der Waals surface area contributed by atoms with Crippen molar-refractivity contribution in [2.45, 2.75) is 57.9 Å². The molecule has 1 saturated carbocycles. The van der Waals surface area contributed by atoms with Crippen LogP contribution in [0.15, 0.2) is 6.20 Å². The molecule has 3 N–H and O–H groups in total. The molecule has 0 aromatic carbocycles. The summed E-state index contributed by atoms with van der Waals surface area (Å²) >= 11 is 1.73. The van der Waals surface area contributed by atoms with Gasteiger partial charge in [-0.25, -0.2) is 4.98 Å². The zero-order chi connectivity index (χ0) is 14.6. The first kappa shape index (κ1) is 21.6. The predicted octanol–water partition coefficient (Wildman–Crippen LogP) is 3.12. The number of nitrogens with two attached hydrogens (primary N) is 1. The Morgan fingerprint density at radius 3 is 2.82 bits per heavy atom. The molecular formula is C15H27Cl2N3OS. The number of carbonyl (C=O) groups is 1. The summed E-state index contributed by atoms with van der Waals surface area (Å²) in [5.74, 6) is 0.0701. The second kappa shape index (κ2) is 9.71. The largest absolute Gasteiger partial charge is 0.355 e. The second-order valence-corrected chi connectivity index (χ2v) is 7.12. The molecule has 0 spiro atoms. The van der Waals surface area contributed by atoms with Crippen LogP contribution >= 0.6 is 36.2 Å². The van der Waals surface area contributed by atoms with E-state index in [0.717, 1.165) is 43.5 Å². The molecule has 0 aliphatic heterocycles. The van der Waals surface area contributed by atoms with E-state index in [4.69, 9.17) is 5.73 Å². The normalized spacial score (nSPS) is 24.0. The fraction of sp³-hybridized carbons (Fsp3) is 0.733. The van der Waals surface area contributed by atoms with E-state index in [0.29, 0.717) is 6.54 Å². The van der Waals surface area contributed by atoms with Crippen molar-refractivity contribution in [3.05, 3.63) is 16.1 Å². The van der Waals surface area contributed by atoms with Gasteiger partial charge in [0.05, 0.1) is 10.9 Å². The fourth-order valence-corrected chi connectivity index (χ4v) is 3.69. The monoisotopic (exact) mass is 367 g/mol. The van der Waals surface area contributed by atoms with Crippen LogP contribution in [0.25, 0.3) is 0 Å². The van der Waals surface area contributed by atoms with Crippen molar-refractivity contribution in [3.63, 3.8) is 0 Å². The highest BCUT2D eigenvalue weighted by molar-refractivity contribution is 7.11. The maximum absolute atomic E-state index is 12.3. The van der Waals surface area contributed by atoms with Crippen molar-refractivity contribution in [2.75, 3.05) is 6.54 Å². The molecule has 1 aliphatic carbocycles. The second-order valence-electron chi connectivity index (χ2n) is 5.92. The zero-order valence-corrected chi connectivity index (χ0v) is 15.7. The van der Waals surface area contributed by atoms with Gasteiger partial charge in [-0.3, -0.25) is 4.79 Å². The minimum absolute atomic E-state index is 0. The Hall–Kier alpha value is -0.360. The van der Waals surface area contributed by atoms with Crippen molar-refractivity contribution >= 4 is 42.1 Å². The number of thiazole rings is 1. The highest BCUT2D eigenvalue weighted by Crippen LogP contribution is 2.31. The molecule has 1 aromatic heterocycles. The molecule has 1 aromatic rings. The van der Waals surface area contributed by atoms with Gasteiger partial charge in [0.2, 0.25) is 5.91 Å². The van der Waals surface area contributed by atoms with Gasteiger partial charge in [-0.05, 0) is 26.2 Å². The number of aryl methyl sites for hydroxylation is 1. The Bertz CT molecular complexity index is 465. The number of halogens is 2. The molecule has 2 unspecified atom stereocenters. The molecule has 0 bridgehead atoms. The summed E-state index contributed by atoms with van der Waals surface area (Å²) in [4.78, 5) is 17.9. The van der Waals surface area contributed by atoms with Crippen LogP contribution in [0.4, 0.5) is 0 Å². The van der Waals surface area contributed by atoms with Crippen LogP contribution in [0.3, 0.4) is 0 Å². The molecule has 2 atom stereocenters. The SMILES string of the molecule is CCc1cnc(CCNC(=O)C2CCCCC2(C)N)s1.Cl.Cl. The predicted molar refractivity (Wildman–Crippen MR) is 97.3 cm³/mol. The number of hydrogen-bond donors (Lipinski definition) is 2. The van der Waals surface area contributed by atoms with E-state index in [9.17, 15) is 4.79 Å². The maximum Gasteiger partial charge on any atom is 0.224 e. The van der Waals surface area contributed by atoms with Crippen LogP contribution in [-0.2, 0) is 17.6 Å². The van der Waals surface area contributed by atoms with Gasteiger partial charge in [-0.2, -0.15) is 0 Å². The standard InChI is InChI=1S/C15H25N3OS.2ClH/c1-3-11-10-18-13(20-11)7-9-17-14(19)12-6-4-5-8-15(12,2)16;;/h10,12H,3-9,16H2,1-2H3,(H,17,19);2*1H. The molecule has 128 valence electrons. The van der Waals surface area contributed by atoms with Gasteiger partial charge in [0.1, 0.15) is 0 Å². The van der Waals surface area contributed by atoms with Crippen molar-refractivity contribution in [2.24, 2.45) is 11.7 Å². The maximum atomic E-state index is 12.3. The number of nitrogens with one attached hydrogen (secondary N) is 1. The number of amides is 1. The highest BCUT2D eigenvalue weighted by Gasteiger charge is 2.37. The van der Waals surface area contributed by atoms with Crippen molar-refractivity contribution in [3.8, 4) is 0 Å². The third kappa shape index (κ3) is 5.69. The first-order valence-corrected chi connectivity index (χ1v) is 8.34. The molecular weight excluding hydrogens is 341 g/mol. The van der Waals surface area contributed by atoms with Crippen LogP contribution in [-0.4, -0.2) is 23.0 Å². The summed E-state index contributed by atoms with van der Waals surface area (Å²) in [5.41, 5.74) is 5.91. The van der Waals surface area contributed by atoms with Gasteiger partial charge in [0, 0.05) is 29.6 Å². The zero-order valence-electron chi connectivity index (χ0n) is 13.3. The van der Waals surface area contributed by atoms with Gasteiger partial charge in [0.15, 0.2) is 0 Å². The lowest BCUT2D eigenvalue weighted by molar-refractivity contribution is -0.128. The lowest BCUT2D eigenvalue weighted by Gasteiger charge is -2.37. The molecule has 22 heavy (non-hydrogen) atoms. The van der Waals surface area contributed by atoms with Gasteiger partial charge in [-0.1, -0.05) is 19.8 Å². The third-order valence-electron chi connectivity index (χ3n) is 4.16. The lowest BCUT2D eigenvalue weighted by Crippen LogP contribution is -2.53. The summed E-state index contributed by atoms with van der Waals surface area (Å²) in [6.45, 7) is 4.79. The van der Waals surface area contributed by atoms with Gasteiger partial charge < -0.3 is 11.1 Å². The minimum Gasteiger partial charge on any atom is -0.355 e. The Kier molecular flexibility index (Phi) is 9.55. The highest BCUT2D eigenvalue weighted by atomic mass is 35.5. The number of aromatic nitrogens is 1. The lowest BCUT2D eigenvalue weighted by atomic mass is 9.74. The van der Waals surface area contributed by atoms with Crippen LogP contribution in [0, 0.1) is 5.92 Å². The van der Waals surface area contributed by atoms with Crippen LogP contribution in [0.2, 0.25) is 0 Å². The average molecular weight is 368 g/mol. The van der Waals surface area contributed by atoms with Crippen molar-refractivity contribution in [1.82, 2.24) is 10.3 Å². The smallest absolute Gasteiger partial charge is 0.224 e. The summed E-state index contributed by atoms with van der Waals surface area (Å²) in [7, 11) is 0. The van der Waals surface area contributed by atoms with Crippen molar-refractivity contribution < 1.29 is 4.79 Å². The molecule has 7 heteroatoms. The Balaban J connectivity index is 0.00000220. The van der Waals surface area contributed by atoms with Gasteiger partial charge in [-0.15, -0.1) is 36.2 Å². The van der Waals surface area contributed by atoms with E-state index in [2.05, 4.69) is 17.2 Å². The number of carbonyl (C=O) groups excluding carboxylic acids is 1. The molecule has 0 radical (unpaired) electrons. The molecule has 4 nitrogen and oxygen atoms in total. The first-order chi connectivity index (χ1) is 9.53. The Morgan fingerprint density at radius 2 is 2.23 bits per heavy atom. The fourth-order valence-electron chi connectivity index (χ4n) is 2.83. The summed E-state index contributed by atoms with van der Waals surface area (Å²) in [6.07, 6.45) is 7.86. The topological polar surface area (TPSA) is 68.0 Å². The van der Waals surface area contributed by atoms with Crippen LogP contribution < -0.4 is 11.1 Å². The number of nitrogens with zero attached hydrogens (tertiary/aromatic N) is 1. The molecule has 1 aliphatic rings. The summed E-state index contributed by atoms with van der Waals surface area (Å²) < 4.78 is 0. The third-order valence-corrected chi connectivity index (χ3v) is 5.36. The quantitative estimate of drug-likeness (QED) is 0.839. The van der Waals surface area contributed by atoms with E-state index in [1.165, 1.54) is 4.88 Å². The number of rotatable bonds is 5. The van der Waals surface area contributed by atoms with Gasteiger partial charge >= 0.3 is 0 Å². The van der Waals surface area contributed by atoms with Crippen LogP contribution in [0.5, 0.6) is 0 Å². The van der Waals surface area contributed by atoms with E-state index in [1.54, 1.807) is 11.3 Å². The van der Waals surface area contributed by atoms with E-state index in [-0.39, 0.29) is 42.2 Å². The summed E-state index contributed by atoms with van der Waals surface area (Å²) in [6, 6.07) is 0. The van der Waals surface area contributed by atoms with Crippen molar-refractivity contribution in [1.29, 1.82) is 0 Å². The molecule has 1 amide bonds. The summed E-state index contributed by atoms with van der Waals surface area (Å²) in [5, 5.41) is 4.13.